The topological polar surface area (TPSA) is 80.3 Å². The molecule has 6 nitrogen and oxygen atoms in total. The number of nitrogens with zero attached hydrogens (tertiary/aromatic N) is 1. The Morgan fingerprint density at radius 1 is 1.03 bits per heavy atom. The number of fused-ring (bicyclic) bond motifs is 1. The Morgan fingerprint density at radius 3 is 2.38 bits per heavy atom. The van der Waals surface area contributed by atoms with Crippen LogP contribution >= 0.6 is 0 Å². The fourth-order valence-corrected chi connectivity index (χ4v) is 4.28. The second-order valence-electron chi connectivity index (χ2n) is 8.50. The minimum atomic E-state index is -0.226. The predicted octanol–water partition coefficient (Wildman–Crippen LogP) is 5.27. The molecule has 1 aliphatic rings. The summed E-state index contributed by atoms with van der Waals surface area (Å²) in [4.78, 5) is 29.4. The fraction of sp³-hybridized carbons (Fsp3) is 0.250. The van der Waals surface area contributed by atoms with E-state index < -0.39 is 0 Å². The number of hydrogen-bond donors (Lipinski definition) is 2. The summed E-state index contributed by atoms with van der Waals surface area (Å²) < 4.78 is 5.42. The van der Waals surface area contributed by atoms with Crippen molar-refractivity contribution < 1.29 is 14.3 Å². The zero-order valence-corrected chi connectivity index (χ0v) is 19.7. The lowest BCUT2D eigenvalue weighted by molar-refractivity contribution is 0.102. The van der Waals surface area contributed by atoms with E-state index in [1.165, 1.54) is 5.56 Å². The van der Waals surface area contributed by atoms with Crippen LogP contribution in [0.2, 0.25) is 0 Å². The number of ketones is 1. The molecule has 2 heterocycles. The molecule has 1 aromatic heterocycles. The van der Waals surface area contributed by atoms with Gasteiger partial charge < -0.3 is 15.4 Å². The third-order valence-corrected chi connectivity index (χ3v) is 6.53. The van der Waals surface area contributed by atoms with Gasteiger partial charge >= 0.3 is 0 Å². The maximum absolute atomic E-state index is 13.2. The van der Waals surface area contributed by atoms with Crippen LogP contribution in [0.1, 0.15) is 58.5 Å². The van der Waals surface area contributed by atoms with E-state index in [1.807, 2.05) is 12.1 Å². The molecule has 0 saturated heterocycles. The number of pyridine rings is 1. The average Bonchev–Trinajstić information content (AvgIpc) is 2.89. The van der Waals surface area contributed by atoms with Gasteiger partial charge in [0.05, 0.1) is 7.11 Å². The molecule has 174 valence electrons. The summed E-state index contributed by atoms with van der Waals surface area (Å²) in [7, 11) is 1.64. The number of methoxy groups -OCH3 is 1. The summed E-state index contributed by atoms with van der Waals surface area (Å²) in [5.74, 6) is 0.427. The molecular formula is C28H29N3O3. The number of rotatable bonds is 7. The van der Waals surface area contributed by atoms with Gasteiger partial charge in [0, 0.05) is 52.1 Å². The van der Waals surface area contributed by atoms with Crippen molar-refractivity contribution in [3.8, 4) is 5.75 Å². The van der Waals surface area contributed by atoms with E-state index in [1.54, 1.807) is 62.0 Å². The second kappa shape index (κ2) is 9.91. The average molecular weight is 456 g/mol. The van der Waals surface area contributed by atoms with Crippen LogP contribution in [0.3, 0.4) is 0 Å². The molecule has 2 aromatic carbocycles. The van der Waals surface area contributed by atoms with Crippen molar-refractivity contribution in [1.82, 2.24) is 10.3 Å². The number of carbonyl (C=O) groups excluding carboxylic acids is 2. The number of allylic oxidation sites excluding steroid dienone is 1. The van der Waals surface area contributed by atoms with Gasteiger partial charge in [0.15, 0.2) is 5.78 Å². The Kier molecular flexibility index (Phi) is 6.77. The highest BCUT2D eigenvalue weighted by Crippen LogP contribution is 2.35. The van der Waals surface area contributed by atoms with E-state index in [0.717, 1.165) is 36.3 Å². The lowest BCUT2D eigenvalue weighted by Gasteiger charge is -2.40. The van der Waals surface area contributed by atoms with Crippen LogP contribution in [0.4, 0.5) is 5.69 Å². The van der Waals surface area contributed by atoms with E-state index in [-0.39, 0.29) is 17.2 Å². The van der Waals surface area contributed by atoms with Crippen LogP contribution in [0, 0.1) is 0 Å². The number of hydrogen-bond acceptors (Lipinski definition) is 5. The minimum Gasteiger partial charge on any atom is -0.497 e. The Morgan fingerprint density at radius 2 is 1.74 bits per heavy atom. The van der Waals surface area contributed by atoms with Gasteiger partial charge in [0.2, 0.25) is 0 Å². The predicted molar refractivity (Wildman–Crippen MR) is 134 cm³/mol. The molecule has 2 N–H and O–H groups in total. The molecule has 0 aliphatic carbocycles. The van der Waals surface area contributed by atoms with Crippen LogP contribution in [-0.4, -0.2) is 29.3 Å². The summed E-state index contributed by atoms with van der Waals surface area (Å²) in [6, 6.07) is 16.3. The lowest BCUT2D eigenvalue weighted by Crippen LogP contribution is -2.48. The number of benzene rings is 2. The normalized spacial score (nSPS) is 15.2. The van der Waals surface area contributed by atoms with Gasteiger partial charge in [-0.05, 0) is 73.4 Å². The Balaban J connectivity index is 1.58. The van der Waals surface area contributed by atoms with Gasteiger partial charge in [-0.15, -0.1) is 0 Å². The van der Waals surface area contributed by atoms with Crippen LogP contribution in [-0.2, 0) is 6.42 Å². The van der Waals surface area contributed by atoms with Crippen molar-refractivity contribution in [3.05, 3.63) is 95.3 Å². The van der Waals surface area contributed by atoms with Crippen LogP contribution in [0.15, 0.2) is 73.1 Å². The monoisotopic (exact) mass is 455 g/mol. The number of carbonyl (C=O) groups is 2. The number of anilines is 1. The van der Waals surface area contributed by atoms with Gasteiger partial charge in [-0.2, -0.15) is 0 Å². The van der Waals surface area contributed by atoms with E-state index in [0.29, 0.717) is 16.8 Å². The highest BCUT2D eigenvalue weighted by molar-refractivity contribution is 6.09. The molecule has 6 heteroatoms. The first-order chi connectivity index (χ1) is 16.5. The molecule has 0 saturated carbocycles. The molecular weight excluding hydrogens is 426 g/mol. The molecule has 0 spiro atoms. The largest absolute Gasteiger partial charge is 0.497 e. The Bertz CT molecular complexity index is 1210. The lowest BCUT2D eigenvalue weighted by atomic mass is 9.79. The SMILES string of the molecule is CCC1(CC)Cc2ccc(OC)cc2/C(=C/C(=O)c2ccc(NC(=O)c3ccncc3)cc2)N1. The van der Waals surface area contributed by atoms with Gasteiger partial charge in [-0.25, -0.2) is 0 Å². The maximum Gasteiger partial charge on any atom is 0.255 e. The highest BCUT2D eigenvalue weighted by atomic mass is 16.5. The Hall–Kier alpha value is -3.93. The summed E-state index contributed by atoms with van der Waals surface area (Å²) in [6.07, 6.45) is 7.61. The van der Waals surface area contributed by atoms with E-state index in [4.69, 9.17) is 4.74 Å². The van der Waals surface area contributed by atoms with Crippen molar-refractivity contribution in [2.24, 2.45) is 0 Å². The summed E-state index contributed by atoms with van der Waals surface area (Å²) in [5.41, 5.74) is 4.60. The van der Waals surface area contributed by atoms with Crippen molar-refractivity contribution >= 4 is 23.1 Å². The highest BCUT2D eigenvalue weighted by Gasteiger charge is 2.33. The standard InChI is InChI=1S/C28H29N3O3/c1-4-28(5-2)18-21-8-11-23(34-3)16-24(21)25(31-28)17-26(32)19-6-9-22(10-7-19)30-27(33)20-12-14-29-15-13-20/h6-17,31H,4-5,18H2,1-3H3,(H,30,33)/b25-17-. The van der Waals surface area contributed by atoms with Crippen molar-refractivity contribution in [3.63, 3.8) is 0 Å². The second-order valence-corrected chi connectivity index (χ2v) is 8.50. The molecule has 1 aliphatic heterocycles. The van der Waals surface area contributed by atoms with Crippen molar-refractivity contribution in [2.75, 3.05) is 12.4 Å². The first kappa shape index (κ1) is 23.2. The van der Waals surface area contributed by atoms with Crippen molar-refractivity contribution in [1.29, 1.82) is 0 Å². The van der Waals surface area contributed by atoms with Crippen LogP contribution in [0.25, 0.3) is 5.70 Å². The fourth-order valence-electron chi connectivity index (χ4n) is 4.28. The Labute approximate surface area is 200 Å². The molecule has 0 bridgehead atoms. The van der Waals surface area contributed by atoms with E-state index in [2.05, 4.69) is 35.5 Å². The van der Waals surface area contributed by atoms with Gasteiger partial charge in [-0.1, -0.05) is 19.9 Å². The molecule has 3 aromatic rings. The summed E-state index contributed by atoms with van der Waals surface area (Å²) in [5, 5.41) is 6.49. The molecule has 34 heavy (non-hydrogen) atoms. The molecule has 0 fully saturated rings. The number of nitrogens with one attached hydrogen (secondary N) is 2. The molecule has 0 radical (unpaired) electrons. The number of aromatic nitrogens is 1. The number of amides is 1. The molecule has 4 rings (SSSR count). The first-order valence-corrected chi connectivity index (χ1v) is 11.5. The van der Waals surface area contributed by atoms with Crippen LogP contribution in [0.5, 0.6) is 5.75 Å². The minimum absolute atomic E-state index is 0.0885. The van der Waals surface area contributed by atoms with Crippen molar-refractivity contribution in [2.45, 2.75) is 38.6 Å². The maximum atomic E-state index is 13.2. The molecule has 0 atom stereocenters. The van der Waals surface area contributed by atoms with Gasteiger partial charge in [0.25, 0.3) is 5.91 Å². The third kappa shape index (κ3) is 4.86. The molecule has 1 amide bonds. The first-order valence-electron chi connectivity index (χ1n) is 11.5. The summed E-state index contributed by atoms with van der Waals surface area (Å²) >= 11 is 0. The zero-order chi connectivity index (χ0) is 24.1. The smallest absolute Gasteiger partial charge is 0.255 e. The van der Waals surface area contributed by atoms with Gasteiger partial charge in [-0.3, -0.25) is 14.6 Å². The van der Waals surface area contributed by atoms with E-state index in [9.17, 15) is 9.59 Å². The van der Waals surface area contributed by atoms with Crippen LogP contribution < -0.4 is 15.4 Å². The quantitative estimate of drug-likeness (QED) is 0.375. The molecule has 0 unspecified atom stereocenters. The zero-order valence-electron chi connectivity index (χ0n) is 19.7. The van der Waals surface area contributed by atoms with E-state index >= 15 is 0 Å². The third-order valence-electron chi connectivity index (χ3n) is 6.53. The number of ether oxygens (including phenoxy) is 1. The summed E-state index contributed by atoms with van der Waals surface area (Å²) in [6.45, 7) is 4.34. The van der Waals surface area contributed by atoms with Gasteiger partial charge in [0.1, 0.15) is 5.75 Å².